The summed E-state index contributed by atoms with van der Waals surface area (Å²) >= 11 is 3.07. The highest BCUT2D eigenvalue weighted by Crippen LogP contribution is 2.31. The molecule has 0 bridgehead atoms. The molecule has 0 N–H and O–H groups in total. The SMILES string of the molecule is COc1cccc(CC(=O)N2CCN(C(=O)c3sc(-c4cccs4)nc3C)CC2)c1. The molecule has 0 aliphatic carbocycles. The smallest absolute Gasteiger partial charge is 0.265 e. The number of methoxy groups -OCH3 is 1. The van der Waals surface area contributed by atoms with Crippen molar-refractivity contribution in [3.63, 3.8) is 0 Å². The van der Waals surface area contributed by atoms with Gasteiger partial charge in [-0.25, -0.2) is 4.98 Å². The van der Waals surface area contributed by atoms with E-state index in [1.165, 1.54) is 11.3 Å². The maximum atomic E-state index is 13.0. The van der Waals surface area contributed by atoms with Gasteiger partial charge in [-0.15, -0.1) is 22.7 Å². The van der Waals surface area contributed by atoms with E-state index in [0.717, 1.165) is 26.9 Å². The van der Waals surface area contributed by atoms with Gasteiger partial charge in [-0.05, 0) is 36.1 Å². The number of carbonyl (C=O) groups is 2. The summed E-state index contributed by atoms with van der Waals surface area (Å²) in [4.78, 5) is 35.7. The number of carbonyl (C=O) groups excluding carboxylic acids is 2. The topological polar surface area (TPSA) is 62.7 Å². The van der Waals surface area contributed by atoms with Crippen LogP contribution in [0.15, 0.2) is 41.8 Å². The van der Waals surface area contributed by atoms with Crippen molar-refractivity contribution in [1.29, 1.82) is 0 Å². The molecule has 6 nitrogen and oxygen atoms in total. The maximum Gasteiger partial charge on any atom is 0.265 e. The summed E-state index contributed by atoms with van der Waals surface area (Å²) in [5, 5.41) is 2.90. The summed E-state index contributed by atoms with van der Waals surface area (Å²) in [7, 11) is 1.62. The third kappa shape index (κ3) is 4.39. The van der Waals surface area contributed by atoms with Crippen LogP contribution in [0.2, 0.25) is 0 Å². The summed E-state index contributed by atoms with van der Waals surface area (Å²) in [5.41, 5.74) is 1.70. The molecule has 1 fully saturated rings. The predicted molar refractivity (Wildman–Crippen MR) is 119 cm³/mol. The molecule has 1 aliphatic rings. The number of aromatic nitrogens is 1. The van der Waals surface area contributed by atoms with Gasteiger partial charge in [0.2, 0.25) is 5.91 Å². The third-order valence-electron chi connectivity index (χ3n) is 5.13. The van der Waals surface area contributed by atoms with Crippen molar-refractivity contribution in [2.45, 2.75) is 13.3 Å². The zero-order chi connectivity index (χ0) is 21.1. The average Bonchev–Trinajstić information content (AvgIpc) is 3.43. The predicted octanol–water partition coefficient (Wildman–Crippen LogP) is 3.72. The van der Waals surface area contributed by atoms with Crippen molar-refractivity contribution < 1.29 is 14.3 Å². The summed E-state index contributed by atoms with van der Waals surface area (Å²) in [6.45, 7) is 4.05. The van der Waals surface area contributed by atoms with Crippen LogP contribution in [0.4, 0.5) is 0 Å². The first-order valence-electron chi connectivity index (χ1n) is 9.76. The molecule has 0 radical (unpaired) electrons. The number of piperazine rings is 1. The highest BCUT2D eigenvalue weighted by atomic mass is 32.1. The van der Waals surface area contributed by atoms with E-state index in [9.17, 15) is 9.59 Å². The lowest BCUT2D eigenvalue weighted by Gasteiger charge is -2.34. The van der Waals surface area contributed by atoms with Crippen molar-refractivity contribution in [2.24, 2.45) is 0 Å². The van der Waals surface area contributed by atoms with Crippen LogP contribution in [-0.4, -0.2) is 59.9 Å². The fourth-order valence-corrected chi connectivity index (χ4v) is 5.30. The Balaban J connectivity index is 1.36. The van der Waals surface area contributed by atoms with Crippen LogP contribution in [-0.2, 0) is 11.2 Å². The molecule has 1 aromatic carbocycles. The number of ether oxygens (including phenoxy) is 1. The van der Waals surface area contributed by atoms with Crippen molar-refractivity contribution in [2.75, 3.05) is 33.3 Å². The van der Waals surface area contributed by atoms with E-state index in [-0.39, 0.29) is 11.8 Å². The fraction of sp³-hybridized carbons (Fsp3) is 0.318. The van der Waals surface area contributed by atoms with Gasteiger partial charge in [-0.1, -0.05) is 18.2 Å². The largest absolute Gasteiger partial charge is 0.497 e. The molecule has 30 heavy (non-hydrogen) atoms. The minimum Gasteiger partial charge on any atom is -0.497 e. The van der Waals surface area contributed by atoms with Crippen LogP contribution in [0.3, 0.4) is 0 Å². The Bertz CT molecular complexity index is 1040. The van der Waals surface area contributed by atoms with E-state index < -0.39 is 0 Å². The minimum absolute atomic E-state index is 0.00713. The van der Waals surface area contributed by atoms with Gasteiger partial charge >= 0.3 is 0 Å². The Morgan fingerprint density at radius 3 is 2.57 bits per heavy atom. The molecule has 4 rings (SSSR count). The normalized spacial score (nSPS) is 14.1. The van der Waals surface area contributed by atoms with Crippen LogP contribution < -0.4 is 4.74 Å². The van der Waals surface area contributed by atoms with E-state index in [1.807, 2.05) is 58.5 Å². The number of aryl methyl sites for hydroxylation is 1. The number of benzene rings is 1. The molecule has 0 unspecified atom stereocenters. The zero-order valence-corrected chi connectivity index (χ0v) is 18.6. The summed E-state index contributed by atoms with van der Waals surface area (Å²) in [5.74, 6) is 0.828. The molecular weight excluding hydrogens is 418 g/mol. The lowest BCUT2D eigenvalue weighted by atomic mass is 10.1. The number of nitrogens with zero attached hydrogens (tertiary/aromatic N) is 3. The summed E-state index contributed by atoms with van der Waals surface area (Å²) in [6.07, 6.45) is 0.337. The van der Waals surface area contributed by atoms with Crippen molar-refractivity contribution >= 4 is 34.5 Å². The van der Waals surface area contributed by atoms with E-state index in [1.54, 1.807) is 18.4 Å². The van der Waals surface area contributed by atoms with Gasteiger partial charge in [0.25, 0.3) is 5.91 Å². The van der Waals surface area contributed by atoms with Crippen molar-refractivity contribution in [3.05, 3.63) is 57.9 Å². The van der Waals surface area contributed by atoms with E-state index in [2.05, 4.69) is 4.98 Å². The first-order chi connectivity index (χ1) is 14.5. The van der Waals surface area contributed by atoms with Gasteiger partial charge in [-0.2, -0.15) is 0 Å². The number of thiazole rings is 1. The quantitative estimate of drug-likeness (QED) is 0.606. The van der Waals surface area contributed by atoms with Gasteiger partial charge in [0.1, 0.15) is 15.6 Å². The molecule has 156 valence electrons. The molecular formula is C22H23N3O3S2. The number of rotatable bonds is 5. The van der Waals surface area contributed by atoms with E-state index in [0.29, 0.717) is 37.5 Å². The molecule has 2 aromatic heterocycles. The van der Waals surface area contributed by atoms with E-state index >= 15 is 0 Å². The second-order valence-corrected chi connectivity index (χ2v) is 9.06. The van der Waals surface area contributed by atoms with Crippen LogP contribution in [0.25, 0.3) is 9.88 Å². The number of hydrogen-bond acceptors (Lipinski definition) is 6. The van der Waals surface area contributed by atoms with Gasteiger partial charge in [0, 0.05) is 26.2 Å². The molecule has 3 aromatic rings. The molecule has 3 heterocycles. The number of thiophene rings is 1. The Labute approximate surface area is 183 Å². The minimum atomic E-state index is 0.00713. The third-order valence-corrected chi connectivity index (χ3v) is 7.32. The van der Waals surface area contributed by atoms with E-state index in [4.69, 9.17) is 4.74 Å². The number of amides is 2. The highest BCUT2D eigenvalue weighted by Gasteiger charge is 2.27. The van der Waals surface area contributed by atoms with Gasteiger partial charge in [-0.3, -0.25) is 9.59 Å². The summed E-state index contributed by atoms with van der Waals surface area (Å²) < 4.78 is 5.23. The summed E-state index contributed by atoms with van der Waals surface area (Å²) in [6, 6.07) is 11.6. The first kappa shape index (κ1) is 20.6. The molecule has 0 saturated carbocycles. The van der Waals surface area contributed by atoms with Crippen LogP contribution in [0.1, 0.15) is 20.9 Å². The van der Waals surface area contributed by atoms with Crippen LogP contribution in [0, 0.1) is 6.92 Å². The molecule has 0 spiro atoms. The Morgan fingerprint density at radius 2 is 1.87 bits per heavy atom. The van der Waals surface area contributed by atoms with Crippen molar-refractivity contribution in [1.82, 2.24) is 14.8 Å². The Kier molecular flexibility index (Phi) is 6.15. The molecule has 1 saturated heterocycles. The second-order valence-electron chi connectivity index (χ2n) is 7.11. The second kappa shape index (κ2) is 8.97. The molecule has 0 atom stereocenters. The van der Waals surface area contributed by atoms with Gasteiger partial charge in [0.15, 0.2) is 0 Å². The molecule has 2 amide bonds. The molecule has 1 aliphatic heterocycles. The maximum absolute atomic E-state index is 13.0. The monoisotopic (exact) mass is 441 g/mol. The number of hydrogen-bond donors (Lipinski definition) is 0. The zero-order valence-electron chi connectivity index (χ0n) is 17.0. The Hall–Kier alpha value is -2.71. The first-order valence-corrected chi connectivity index (χ1v) is 11.5. The average molecular weight is 442 g/mol. The lowest BCUT2D eigenvalue weighted by Crippen LogP contribution is -2.51. The van der Waals surface area contributed by atoms with Crippen LogP contribution in [0.5, 0.6) is 5.75 Å². The van der Waals surface area contributed by atoms with Crippen molar-refractivity contribution in [3.8, 4) is 15.6 Å². The highest BCUT2D eigenvalue weighted by molar-refractivity contribution is 7.22. The standard InChI is InChI=1S/C22H23N3O3S2/c1-15-20(30-21(23-15)18-7-4-12-29-18)22(27)25-10-8-24(9-11-25)19(26)14-16-5-3-6-17(13-16)28-2/h3-7,12-13H,8-11,14H2,1-2H3. The molecule has 8 heteroatoms. The fourth-order valence-electron chi connectivity index (χ4n) is 3.47. The lowest BCUT2D eigenvalue weighted by molar-refractivity contribution is -0.131. The van der Waals surface area contributed by atoms with Gasteiger partial charge in [0.05, 0.1) is 24.1 Å². The Morgan fingerprint density at radius 1 is 1.10 bits per heavy atom. The van der Waals surface area contributed by atoms with Gasteiger partial charge < -0.3 is 14.5 Å². The van der Waals surface area contributed by atoms with Crippen LogP contribution >= 0.6 is 22.7 Å².